The van der Waals surface area contributed by atoms with Gasteiger partial charge in [-0.1, -0.05) is 12.2 Å². The van der Waals surface area contributed by atoms with Gasteiger partial charge in [-0.25, -0.2) is 0 Å². The van der Waals surface area contributed by atoms with E-state index in [-0.39, 0.29) is 35.3 Å². The Kier molecular flexibility index (Phi) is 4.96. The molecule has 2 aliphatic heterocycles. The molecule has 8 heteroatoms. The van der Waals surface area contributed by atoms with E-state index in [2.05, 4.69) is 0 Å². The topological polar surface area (TPSA) is 125 Å². The fourth-order valence-corrected chi connectivity index (χ4v) is 2.55. The van der Waals surface area contributed by atoms with Crippen molar-refractivity contribution in [1.82, 2.24) is 0 Å². The van der Waals surface area contributed by atoms with Crippen LogP contribution in [-0.4, -0.2) is 21.6 Å². The number of allylic oxidation sites excluding steroid dienone is 14. The summed E-state index contributed by atoms with van der Waals surface area (Å²) in [5.41, 5.74) is 1.88. The lowest BCUT2D eigenvalue weighted by Gasteiger charge is -2.04. The fourth-order valence-electron chi connectivity index (χ4n) is 2.55. The third-order valence-electron chi connectivity index (χ3n) is 4.05. The maximum atomic E-state index is 9.90. The molecule has 0 unspecified atom stereocenters. The Morgan fingerprint density at radius 2 is 0.933 bits per heavy atom. The van der Waals surface area contributed by atoms with Crippen LogP contribution in [-0.2, 0) is 18.9 Å². The van der Waals surface area contributed by atoms with Gasteiger partial charge in [-0.15, -0.1) is 0 Å². The van der Waals surface area contributed by atoms with Crippen LogP contribution < -0.4 is 0 Å². The highest BCUT2D eigenvalue weighted by Crippen LogP contribution is 2.30. The van der Waals surface area contributed by atoms with Crippen LogP contribution in [0.25, 0.3) is 0 Å². The van der Waals surface area contributed by atoms with Crippen molar-refractivity contribution in [2.45, 2.75) is 0 Å². The van der Waals surface area contributed by atoms with Crippen LogP contribution in [0.3, 0.4) is 0 Å². The second-order valence-electron chi connectivity index (χ2n) is 6.19. The van der Waals surface area contributed by atoms with Crippen molar-refractivity contribution in [1.29, 1.82) is 10.8 Å². The van der Waals surface area contributed by atoms with Crippen LogP contribution in [0.2, 0.25) is 0 Å². The van der Waals surface area contributed by atoms with Crippen molar-refractivity contribution in [3.8, 4) is 0 Å². The molecule has 0 aromatic heterocycles. The molecule has 4 N–H and O–H groups in total. The summed E-state index contributed by atoms with van der Waals surface area (Å²) in [4.78, 5) is 0. The zero-order valence-electron chi connectivity index (χ0n) is 15.5. The molecular formula is C22H16N2O6. The van der Waals surface area contributed by atoms with Gasteiger partial charge >= 0.3 is 23.8 Å². The van der Waals surface area contributed by atoms with Crippen molar-refractivity contribution in [3.05, 3.63) is 119 Å². The van der Waals surface area contributed by atoms with Crippen LogP contribution in [0.1, 0.15) is 0 Å². The molecule has 0 aromatic carbocycles. The number of hydrogen-bond acceptors (Lipinski definition) is 8. The van der Waals surface area contributed by atoms with Gasteiger partial charge in [0.1, 0.15) is 0 Å². The van der Waals surface area contributed by atoms with E-state index < -0.39 is 0 Å². The Labute approximate surface area is 171 Å². The van der Waals surface area contributed by atoms with E-state index in [0.29, 0.717) is 22.6 Å². The minimum absolute atomic E-state index is 0.106. The highest BCUT2D eigenvalue weighted by molar-refractivity contribution is 6.04. The largest absolute Gasteiger partial charge is 0.478 e. The summed E-state index contributed by atoms with van der Waals surface area (Å²) in [6.07, 6.45) is 19.0. The predicted molar refractivity (Wildman–Crippen MR) is 108 cm³/mol. The first-order valence-corrected chi connectivity index (χ1v) is 8.80. The van der Waals surface area contributed by atoms with Gasteiger partial charge in [-0.05, 0) is 60.8 Å². The molecule has 0 amide bonds. The third kappa shape index (κ3) is 4.02. The molecule has 2 aliphatic carbocycles. The van der Waals surface area contributed by atoms with E-state index in [1.54, 1.807) is 60.8 Å². The van der Waals surface area contributed by atoms with E-state index in [9.17, 15) is 10.2 Å². The zero-order valence-corrected chi connectivity index (χ0v) is 15.5. The van der Waals surface area contributed by atoms with E-state index in [1.807, 2.05) is 0 Å². The van der Waals surface area contributed by atoms with Crippen LogP contribution >= 0.6 is 0 Å². The highest BCUT2D eigenvalue weighted by atomic mass is 16.8. The Balaban J connectivity index is 1.39. The van der Waals surface area contributed by atoms with Gasteiger partial charge < -0.3 is 40.0 Å². The monoisotopic (exact) mass is 404 g/mol. The van der Waals surface area contributed by atoms with Crippen molar-refractivity contribution in [2.24, 2.45) is 0 Å². The second-order valence-corrected chi connectivity index (χ2v) is 6.19. The smallest absolute Gasteiger partial charge is 0.329 e. The Bertz CT molecular complexity index is 1010. The molecule has 0 atom stereocenters. The molecule has 0 saturated heterocycles. The van der Waals surface area contributed by atoms with E-state index in [4.69, 9.17) is 29.8 Å². The highest BCUT2D eigenvalue weighted by Gasteiger charge is 2.24. The van der Waals surface area contributed by atoms with Gasteiger partial charge in [0.15, 0.2) is 0 Å². The molecule has 4 aliphatic rings. The van der Waals surface area contributed by atoms with Gasteiger partial charge in [-0.3, -0.25) is 0 Å². The standard InChI is InChI=1S/C22H16N2O6/c23-15-9-5-13(6-10-15)21-27-17(19(25)29-21)3-1-2-4-18-20(26)30-22(28-18)14-7-11-16(24)12-8-14/h1-12,23-26H/b3-1+,4-2+,21-13?,22-14?,23-15?,24-16?. The van der Waals surface area contributed by atoms with Gasteiger partial charge in [0.25, 0.3) is 0 Å². The predicted octanol–water partition coefficient (Wildman–Crippen LogP) is 4.36. The number of aliphatic hydroxyl groups is 2. The zero-order chi connectivity index (χ0) is 21.1. The quantitative estimate of drug-likeness (QED) is 0.518. The molecule has 0 aromatic rings. The summed E-state index contributed by atoms with van der Waals surface area (Å²) in [6, 6.07) is 0. The average Bonchev–Trinajstić information content (AvgIpc) is 3.29. The summed E-state index contributed by atoms with van der Waals surface area (Å²) in [5, 5.41) is 34.8. The summed E-state index contributed by atoms with van der Waals surface area (Å²) in [7, 11) is 0. The van der Waals surface area contributed by atoms with Gasteiger partial charge in [0.05, 0.1) is 22.6 Å². The summed E-state index contributed by atoms with van der Waals surface area (Å²) < 4.78 is 21.4. The third-order valence-corrected chi connectivity index (χ3v) is 4.05. The summed E-state index contributed by atoms with van der Waals surface area (Å²) >= 11 is 0. The molecule has 4 rings (SSSR count). The van der Waals surface area contributed by atoms with E-state index >= 15 is 0 Å². The Hall–Kier alpha value is -4.46. The lowest BCUT2D eigenvalue weighted by Crippen LogP contribution is -1.95. The second kappa shape index (κ2) is 7.88. The average molecular weight is 404 g/mol. The Morgan fingerprint density at radius 3 is 1.30 bits per heavy atom. The summed E-state index contributed by atoms with van der Waals surface area (Å²) in [6.45, 7) is 0. The van der Waals surface area contributed by atoms with Crippen LogP contribution in [0.5, 0.6) is 0 Å². The molecule has 0 spiro atoms. The first kappa shape index (κ1) is 18.9. The van der Waals surface area contributed by atoms with E-state index in [0.717, 1.165) is 0 Å². The molecule has 30 heavy (non-hydrogen) atoms. The van der Waals surface area contributed by atoms with Crippen LogP contribution in [0, 0.1) is 10.8 Å². The molecule has 0 bridgehead atoms. The van der Waals surface area contributed by atoms with Crippen molar-refractivity contribution in [2.75, 3.05) is 0 Å². The molecule has 0 fully saturated rings. The fraction of sp³-hybridized carbons (Fsp3) is 0. The maximum Gasteiger partial charge on any atom is 0.329 e. The minimum atomic E-state index is -0.388. The number of nitrogens with one attached hydrogen (secondary N) is 2. The molecule has 8 nitrogen and oxygen atoms in total. The number of ether oxygens (including phenoxy) is 4. The van der Waals surface area contributed by atoms with Crippen molar-refractivity contribution < 1.29 is 29.2 Å². The first-order valence-electron chi connectivity index (χ1n) is 8.80. The van der Waals surface area contributed by atoms with Crippen LogP contribution in [0.15, 0.2) is 119 Å². The van der Waals surface area contributed by atoms with Gasteiger partial charge in [-0.2, -0.15) is 0 Å². The Morgan fingerprint density at radius 1 is 0.567 bits per heavy atom. The minimum Gasteiger partial charge on any atom is -0.478 e. The SMILES string of the molecule is N=C1C=CC(=C2OC(O)=C(/C=C/C=C/C3=C(O)OC(=C4C=CC(=N)C=C4)O3)O2)C=C1. The van der Waals surface area contributed by atoms with Gasteiger partial charge in [0.2, 0.25) is 11.5 Å². The maximum absolute atomic E-state index is 9.90. The molecule has 0 radical (unpaired) electrons. The van der Waals surface area contributed by atoms with Crippen molar-refractivity contribution >= 4 is 11.4 Å². The van der Waals surface area contributed by atoms with Crippen LogP contribution in [0.4, 0.5) is 0 Å². The molecule has 0 saturated carbocycles. The molecular weight excluding hydrogens is 388 g/mol. The lowest BCUT2D eigenvalue weighted by molar-refractivity contribution is 0.115. The first-order chi connectivity index (χ1) is 14.5. The number of rotatable bonds is 3. The number of hydrogen-bond donors (Lipinski definition) is 4. The number of aliphatic hydroxyl groups excluding tert-OH is 2. The molecule has 150 valence electrons. The summed E-state index contributed by atoms with van der Waals surface area (Å²) in [5.74, 6) is -0.340. The lowest BCUT2D eigenvalue weighted by atomic mass is 10.1. The van der Waals surface area contributed by atoms with Crippen molar-refractivity contribution in [3.63, 3.8) is 0 Å². The van der Waals surface area contributed by atoms with E-state index in [1.165, 1.54) is 12.2 Å². The molecule has 2 heterocycles. The normalized spacial score (nSPS) is 20.8. The van der Waals surface area contributed by atoms with Gasteiger partial charge in [0, 0.05) is 0 Å².